The molecule has 1 saturated heterocycles. The highest BCUT2D eigenvalue weighted by atomic mass is 35.5. The van der Waals surface area contributed by atoms with Gasteiger partial charge in [0.15, 0.2) is 16.6 Å². The third-order valence-corrected chi connectivity index (χ3v) is 6.17. The summed E-state index contributed by atoms with van der Waals surface area (Å²) in [5, 5.41) is 8.72. The second-order valence-electron chi connectivity index (χ2n) is 7.09. The predicted molar refractivity (Wildman–Crippen MR) is 113 cm³/mol. The molecule has 4 aromatic rings. The molecule has 1 N–H and O–H groups in total. The Kier molecular flexibility index (Phi) is 4.73. The van der Waals surface area contributed by atoms with Crippen LogP contribution in [0.5, 0.6) is 0 Å². The van der Waals surface area contributed by atoms with Crippen LogP contribution in [0.1, 0.15) is 11.3 Å². The molecule has 1 fully saturated rings. The average Bonchev–Trinajstić information content (AvgIpc) is 3.16. The summed E-state index contributed by atoms with van der Waals surface area (Å²) in [5.74, 6) is -0.313. The third-order valence-electron chi connectivity index (χ3n) is 5.07. The maximum atomic E-state index is 14.8. The van der Waals surface area contributed by atoms with Crippen LogP contribution in [-0.2, 0) is 0 Å². The highest BCUT2D eigenvalue weighted by Gasteiger charge is 2.24. The Morgan fingerprint density at radius 3 is 2.71 bits per heavy atom. The fourth-order valence-electron chi connectivity index (χ4n) is 3.37. The Balaban J connectivity index is 0.00000192. The van der Waals surface area contributed by atoms with Crippen molar-refractivity contribution in [2.24, 2.45) is 0 Å². The molecule has 146 valence electrons. The number of thiazole rings is 1. The summed E-state index contributed by atoms with van der Waals surface area (Å²) in [5.41, 5.74) is 4.65. The zero-order chi connectivity index (χ0) is 18.7. The first-order valence-corrected chi connectivity index (χ1v) is 9.69. The van der Waals surface area contributed by atoms with Crippen LogP contribution in [0.3, 0.4) is 0 Å². The van der Waals surface area contributed by atoms with E-state index in [9.17, 15) is 4.39 Å². The molecule has 5 rings (SSSR count). The highest BCUT2D eigenvalue weighted by molar-refractivity contribution is 7.22. The largest absolute Gasteiger partial charge is 0.346 e. The van der Waals surface area contributed by atoms with E-state index in [0.717, 1.165) is 51.1 Å². The van der Waals surface area contributed by atoms with Crippen LogP contribution in [0.25, 0.3) is 27.1 Å². The van der Waals surface area contributed by atoms with Crippen molar-refractivity contribution in [3.05, 3.63) is 41.5 Å². The number of nitrogens with one attached hydrogen (secondary N) is 1. The molecule has 0 saturated carbocycles. The lowest BCUT2D eigenvalue weighted by molar-refractivity contribution is 0.428. The van der Waals surface area contributed by atoms with E-state index in [-0.39, 0.29) is 18.2 Å². The van der Waals surface area contributed by atoms with E-state index >= 15 is 0 Å². The molecule has 0 unspecified atom stereocenters. The number of rotatable bonds is 3. The van der Waals surface area contributed by atoms with Gasteiger partial charge in [-0.2, -0.15) is 5.10 Å². The number of hydrogen-bond donors (Lipinski definition) is 1. The number of anilines is 1. The number of hydrogen-bond acceptors (Lipinski definition) is 6. The van der Waals surface area contributed by atoms with Gasteiger partial charge >= 0.3 is 0 Å². The Labute approximate surface area is 171 Å². The summed E-state index contributed by atoms with van der Waals surface area (Å²) in [6.07, 6.45) is 1.88. The molecule has 0 amide bonds. The molecule has 0 bridgehead atoms. The van der Waals surface area contributed by atoms with Gasteiger partial charge in [0.1, 0.15) is 5.52 Å². The number of likely N-dealkylation sites (N-methyl/N-ethyl adjacent to an activating group) is 1. The maximum Gasteiger partial charge on any atom is 0.186 e. The molecule has 4 heterocycles. The lowest BCUT2D eigenvalue weighted by atomic mass is 10.1. The van der Waals surface area contributed by atoms with Gasteiger partial charge in [-0.3, -0.25) is 0 Å². The van der Waals surface area contributed by atoms with E-state index in [0.29, 0.717) is 11.6 Å². The third kappa shape index (κ3) is 3.01. The molecule has 0 aliphatic carbocycles. The van der Waals surface area contributed by atoms with Crippen molar-refractivity contribution in [2.45, 2.75) is 19.9 Å². The van der Waals surface area contributed by atoms with Gasteiger partial charge in [-0.15, -0.1) is 12.4 Å². The topological polar surface area (TPSA) is 58.4 Å². The van der Waals surface area contributed by atoms with Gasteiger partial charge in [0, 0.05) is 25.7 Å². The Bertz CT molecular complexity index is 1180. The molecular formula is C19H20ClFN6S. The molecule has 0 atom stereocenters. The van der Waals surface area contributed by atoms with Crippen molar-refractivity contribution < 1.29 is 4.39 Å². The van der Waals surface area contributed by atoms with Gasteiger partial charge in [0.2, 0.25) is 0 Å². The monoisotopic (exact) mass is 418 g/mol. The minimum absolute atomic E-state index is 0. The van der Waals surface area contributed by atoms with Gasteiger partial charge in [0.05, 0.1) is 28.3 Å². The minimum Gasteiger partial charge on any atom is -0.346 e. The van der Waals surface area contributed by atoms with E-state index in [4.69, 9.17) is 0 Å². The normalized spacial score (nSPS) is 14.3. The van der Waals surface area contributed by atoms with Gasteiger partial charge in [0.25, 0.3) is 0 Å². The van der Waals surface area contributed by atoms with Crippen molar-refractivity contribution in [3.63, 3.8) is 0 Å². The summed E-state index contributed by atoms with van der Waals surface area (Å²) < 4.78 is 17.4. The molecule has 3 aromatic heterocycles. The van der Waals surface area contributed by atoms with Crippen LogP contribution in [-0.4, -0.2) is 45.8 Å². The molecular weight excluding hydrogens is 399 g/mol. The number of fused-ring (bicyclic) bond motifs is 2. The Morgan fingerprint density at radius 1 is 1.21 bits per heavy atom. The molecule has 0 spiro atoms. The van der Waals surface area contributed by atoms with Gasteiger partial charge in [-0.25, -0.2) is 18.9 Å². The van der Waals surface area contributed by atoms with Gasteiger partial charge in [-0.1, -0.05) is 11.3 Å². The molecule has 28 heavy (non-hydrogen) atoms. The standard InChI is InChI=1S/C19H19FN6S.ClH/c1-10-4-15(24-26-9-11(2)22-18(10)26)12-5-14(20)17-16(6-12)27-19(23-17)25(3)13-7-21-8-13;/h4-6,9,13,21H,7-8H2,1-3H3;1H. The first-order chi connectivity index (χ1) is 13.0. The molecule has 0 radical (unpaired) electrons. The molecule has 1 aromatic carbocycles. The average molecular weight is 419 g/mol. The number of imidazole rings is 1. The molecule has 1 aliphatic rings. The van der Waals surface area contributed by atoms with Crippen molar-refractivity contribution >= 4 is 44.7 Å². The lowest BCUT2D eigenvalue weighted by Gasteiger charge is -2.35. The van der Waals surface area contributed by atoms with Gasteiger partial charge in [-0.05, 0) is 37.6 Å². The van der Waals surface area contributed by atoms with Crippen molar-refractivity contribution in [2.75, 3.05) is 25.0 Å². The van der Waals surface area contributed by atoms with E-state index < -0.39 is 0 Å². The van der Waals surface area contributed by atoms with Crippen LogP contribution in [0.4, 0.5) is 9.52 Å². The number of halogens is 2. The number of benzene rings is 1. The lowest BCUT2D eigenvalue weighted by Crippen LogP contribution is -2.56. The summed E-state index contributed by atoms with van der Waals surface area (Å²) in [7, 11) is 2.02. The minimum atomic E-state index is -0.313. The second-order valence-corrected chi connectivity index (χ2v) is 8.10. The summed E-state index contributed by atoms with van der Waals surface area (Å²) in [6, 6.07) is 5.87. The van der Waals surface area contributed by atoms with Gasteiger partial charge < -0.3 is 10.2 Å². The van der Waals surface area contributed by atoms with E-state index in [1.807, 2.05) is 39.2 Å². The molecule has 9 heteroatoms. The zero-order valence-electron chi connectivity index (χ0n) is 15.7. The number of aromatic nitrogens is 4. The van der Waals surface area contributed by atoms with E-state index in [1.165, 1.54) is 17.4 Å². The van der Waals surface area contributed by atoms with Crippen LogP contribution < -0.4 is 10.2 Å². The first kappa shape index (κ1) is 19.0. The quantitative estimate of drug-likeness (QED) is 0.551. The number of aryl methyl sites for hydroxylation is 2. The van der Waals surface area contributed by atoms with Crippen LogP contribution >= 0.6 is 23.7 Å². The summed E-state index contributed by atoms with van der Waals surface area (Å²) in [4.78, 5) is 11.1. The fraction of sp³-hybridized carbons (Fsp3) is 0.316. The zero-order valence-corrected chi connectivity index (χ0v) is 17.4. The summed E-state index contributed by atoms with van der Waals surface area (Å²) in [6.45, 7) is 5.81. The Morgan fingerprint density at radius 2 is 2.00 bits per heavy atom. The van der Waals surface area contributed by atoms with Crippen LogP contribution in [0.15, 0.2) is 24.4 Å². The molecule has 6 nitrogen and oxygen atoms in total. The van der Waals surface area contributed by atoms with E-state index in [1.54, 1.807) is 4.52 Å². The fourth-order valence-corrected chi connectivity index (χ4v) is 4.42. The second kappa shape index (κ2) is 6.95. The predicted octanol–water partition coefficient (Wildman–Crippen LogP) is 3.59. The smallest absolute Gasteiger partial charge is 0.186 e. The maximum absolute atomic E-state index is 14.8. The van der Waals surface area contributed by atoms with Crippen LogP contribution in [0, 0.1) is 19.7 Å². The Hall–Kier alpha value is -2.29. The SMILES string of the molecule is Cc1cn2nc(-c3cc(F)c4nc(N(C)C5CNC5)sc4c3)cc(C)c2n1.Cl. The van der Waals surface area contributed by atoms with Crippen LogP contribution in [0.2, 0.25) is 0 Å². The van der Waals surface area contributed by atoms with E-state index in [2.05, 4.69) is 25.3 Å². The van der Waals surface area contributed by atoms with Crippen molar-refractivity contribution in [3.8, 4) is 11.3 Å². The first-order valence-electron chi connectivity index (χ1n) is 8.87. The molecule has 1 aliphatic heterocycles. The summed E-state index contributed by atoms with van der Waals surface area (Å²) >= 11 is 1.52. The van der Waals surface area contributed by atoms with Crippen molar-refractivity contribution in [1.82, 2.24) is 24.9 Å². The van der Waals surface area contributed by atoms with Crippen molar-refractivity contribution in [1.29, 1.82) is 0 Å². The number of nitrogens with zero attached hydrogens (tertiary/aromatic N) is 5. The highest BCUT2D eigenvalue weighted by Crippen LogP contribution is 2.34.